The quantitative estimate of drug-likeness (QED) is 0.152. The monoisotopic (exact) mass is 466 g/mol. The molecule has 0 aliphatic heterocycles. The summed E-state index contributed by atoms with van der Waals surface area (Å²) in [5.74, 6) is -5.01. The van der Waals surface area contributed by atoms with Gasteiger partial charge < -0.3 is 31.9 Å². The van der Waals surface area contributed by atoms with Crippen molar-refractivity contribution in [1.82, 2.24) is 16.0 Å². The Labute approximate surface area is 184 Å². The molecule has 0 saturated carbocycles. The average molecular weight is 467 g/mol. The number of carbonyl (C=O) groups is 5. The Kier molecular flexibility index (Phi) is 13.2. The lowest BCUT2D eigenvalue weighted by Crippen LogP contribution is -2.59. The van der Waals surface area contributed by atoms with Crippen molar-refractivity contribution < 1.29 is 34.2 Å². The van der Waals surface area contributed by atoms with Crippen molar-refractivity contribution in [3.8, 4) is 0 Å². The Morgan fingerprint density at radius 1 is 0.967 bits per heavy atom. The summed E-state index contributed by atoms with van der Waals surface area (Å²) in [5, 5.41) is 25.0. The highest BCUT2D eigenvalue weighted by Crippen LogP contribution is 2.06. The Morgan fingerprint density at radius 3 is 1.97 bits per heavy atom. The van der Waals surface area contributed by atoms with E-state index < -0.39 is 60.2 Å². The first-order valence-electron chi connectivity index (χ1n) is 9.15. The summed E-state index contributed by atoms with van der Waals surface area (Å²) in [4.78, 5) is 59.4. The van der Waals surface area contributed by atoms with Gasteiger partial charge in [-0.05, 0) is 24.3 Å². The van der Waals surface area contributed by atoms with Gasteiger partial charge in [0.25, 0.3) is 0 Å². The molecule has 0 fully saturated rings. The minimum absolute atomic E-state index is 0.229. The van der Waals surface area contributed by atoms with Crippen LogP contribution in [0, 0.1) is 5.92 Å². The molecule has 3 amide bonds. The van der Waals surface area contributed by atoms with E-state index in [1.807, 2.05) is 6.26 Å². The third-order valence-corrected chi connectivity index (χ3v) is 5.03. The Balaban J connectivity index is 5.31. The van der Waals surface area contributed by atoms with Crippen molar-refractivity contribution in [1.29, 1.82) is 0 Å². The number of thiol groups is 1. The maximum absolute atomic E-state index is 12.7. The number of amides is 3. The number of thioether (sulfide) groups is 1. The fourth-order valence-corrected chi connectivity index (χ4v) is 3.01. The van der Waals surface area contributed by atoms with Gasteiger partial charge in [-0.2, -0.15) is 24.4 Å². The molecule has 0 aromatic heterocycles. The van der Waals surface area contributed by atoms with Crippen LogP contribution in [0.25, 0.3) is 0 Å². The standard InChI is InChI=1S/C17H30N4O7S2/c1-8(2)13(21-14(24)9(18)4-5-30-3)16(26)19-10(6-12(22)23)15(25)20-11(7-29)17(27)28/h8-11,13,29H,4-7,18H2,1-3H3,(H,19,26)(H,20,25)(H,21,24)(H,22,23)(H,27,28). The van der Waals surface area contributed by atoms with E-state index in [0.717, 1.165) is 0 Å². The highest BCUT2D eigenvalue weighted by Gasteiger charge is 2.32. The number of nitrogens with two attached hydrogens (primary N) is 1. The van der Waals surface area contributed by atoms with Crippen molar-refractivity contribution in [2.24, 2.45) is 11.7 Å². The van der Waals surface area contributed by atoms with Crippen LogP contribution in [0.15, 0.2) is 0 Å². The second kappa shape index (κ2) is 14.1. The van der Waals surface area contributed by atoms with Crippen LogP contribution < -0.4 is 21.7 Å². The first-order chi connectivity index (χ1) is 13.9. The highest BCUT2D eigenvalue weighted by atomic mass is 32.2. The predicted molar refractivity (Wildman–Crippen MR) is 115 cm³/mol. The third kappa shape index (κ3) is 10.2. The molecular formula is C17H30N4O7S2. The van der Waals surface area contributed by atoms with Gasteiger partial charge >= 0.3 is 11.9 Å². The number of rotatable bonds is 14. The Morgan fingerprint density at radius 2 is 1.53 bits per heavy atom. The molecule has 0 radical (unpaired) electrons. The van der Waals surface area contributed by atoms with Gasteiger partial charge in [-0.15, -0.1) is 0 Å². The molecule has 0 aliphatic carbocycles. The van der Waals surface area contributed by atoms with E-state index in [9.17, 15) is 24.0 Å². The van der Waals surface area contributed by atoms with Gasteiger partial charge in [-0.25, -0.2) is 4.79 Å². The van der Waals surface area contributed by atoms with Gasteiger partial charge in [0.1, 0.15) is 18.1 Å². The topological polar surface area (TPSA) is 188 Å². The van der Waals surface area contributed by atoms with Crippen LogP contribution >= 0.6 is 24.4 Å². The van der Waals surface area contributed by atoms with Gasteiger partial charge in [-0.1, -0.05) is 13.8 Å². The molecule has 0 aromatic carbocycles. The molecule has 0 rings (SSSR count). The van der Waals surface area contributed by atoms with E-state index in [0.29, 0.717) is 12.2 Å². The summed E-state index contributed by atoms with van der Waals surface area (Å²) < 4.78 is 0. The summed E-state index contributed by atoms with van der Waals surface area (Å²) in [6.07, 6.45) is 1.50. The SMILES string of the molecule is CSCCC(N)C(=O)NC(C(=O)NC(CC(=O)O)C(=O)NC(CS)C(=O)O)C(C)C. The largest absolute Gasteiger partial charge is 0.481 e. The second-order valence-electron chi connectivity index (χ2n) is 6.86. The molecular weight excluding hydrogens is 436 g/mol. The zero-order chi connectivity index (χ0) is 23.4. The van der Waals surface area contributed by atoms with Crippen molar-refractivity contribution in [2.45, 2.75) is 50.9 Å². The molecule has 172 valence electrons. The zero-order valence-electron chi connectivity index (χ0n) is 17.1. The van der Waals surface area contributed by atoms with E-state index in [1.165, 1.54) is 11.8 Å². The minimum Gasteiger partial charge on any atom is -0.481 e. The van der Waals surface area contributed by atoms with Crippen LogP contribution in [0.5, 0.6) is 0 Å². The van der Waals surface area contributed by atoms with Crippen LogP contribution in [0.2, 0.25) is 0 Å². The van der Waals surface area contributed by atoms with Crippen LogP contribution in [-0.4, -0.2) is 81.8 Å². The van der Waals surface area contributed by atoms with Crippen molar-refractivity contribution in [2.75, 3.05) is 17.8 Å². The number of carbonyl (C=O) groups excluding carboxylic acids is 3. The smallest absolute Gasteiger partial charge is 0.327 e. The Hall–Kier alpha value is -1.99. The first kappa shape index (κ1) is 28.0. The first-order valence-corrected chi connectivity index (χ1v) is 11.2. The molecule has 7 N–H and O–H groups in total. The van der Waals surface area contributed by atoms with Crippen LogP contribution in [0.4, 0.5) is 0 Å². The number of hydrogen-bond donors (Lipinski definition) is 7. The number of carboxylic acid groups (broad SMARTS) is 2. The van der Waals surface area contributed by atoms with E-state index in [4.69, 9.17) is 15.9 Å². The van der Waals surface area contributed by atoms with Crippen LogP contribution in [0.1, 0.15) is 26.7 Å². The van der Waals surface area contributed by atoms with Gasteiger partial charge in [-0.3, -0.25) is 19.2 Å². The number of hydrogen-bond acceptors (Lipinski definition) is 8. The molecule has 0 aliphatic rings. The van der Waals surface area contributed by atoms with Crippen molar-refractivity contribution >= 4 is 54.1 Å². The van der Waals surface area contributed by atoms with E-state index in [2.05, 4.69) is 28.6 Å². The molecule has 11 nitrogen and oxygen atoms in total. The third-order valence-electron chi connectivity index (χ3n) is 4.03. The number of nitrogens with one attached hydrogen (secondary N) is 3. The summed E-state index contributed by atoms with van der Waals surface area (Å²) in [6, 6.07) is -4.79. The van der Waals surface area contributed by atoms with Gasteiger partial charge in [0.05, 0.1) is 12.5 Å². The van der Waals surface area contributed by atoms with E-state index in [1.54, 1.807) is 13.8 Å². The van der Waals surface area contributed by atoms with E-state index >= 15 is 0 Å². The van der Waals surface area contributed by atoms with Crippen molar-refractivity contribution in [3.63, 3.8) is 0 Å². The molecule has 13 heteroatoms. The maximum Gasteiger partial charge on any atom is 0.327 e. The van der Waals surface area contributed by atoms with Gasteiger partial charge in [0.2, 0.25) is 17.7 Å². The summed E-state index contributed by atoms with van der Waals surface area (Å²) in [6.45, 7) is 3.32. The second-order valence-corrected chi connectivity index (χ2v) is 8.21. The fraction of sp³-hybridized carbons (Fsp3) is 0.706. The summed E-state index contributed by atoms with van der Waals surface area (Å²) in [5.41, 5.74) is 5.80. The lowest BCUT2D eigenvalue weighted by molar-refractivity contribution is -0.143. The number of aliphatic carboxylic acids is 2. The van der Waals surface area contributed by atoms with Gasteiger partial charge in [0, 0.05) is 5.75 Å². The number of carboxylic acids is 2. The van der Waals surface area contributed by atoms with Crippen LogP contribution in [-0.2, 0) is 24.0 Å². The molecule has 4 atom stereocenters. The molecule has 4 unspecified atom stereocenters. The zero-order valence-corrected chi connectivity index (χ0v) is 18.8. The lowest BCUT2D eigenvalue weighted by Gasteiger charge is -2.26. The normalized spacial score (nSPS) is 14.9. The molecule has 30 heavy (non-hydrogen) atoms. The molecule has 0 saturated heterocycles. The van der Waals surface area contributed by atoms with Crippen molar-refractivity contribution in [3.05, 3.63) is 0 Å². The molecule has 0 spiro atoms. The van der Waals surface area contributed by atoms with E-state index in [-0.39, 0.29) is 11.7 Å². The Bertz CT molecular complexity index is 633. The predicted octanol–water partition coefficient (Wildman–Crippen LogP) is -1.33. The van der Waals surface area contributed by atoms with Gasteiger partial charge in [0.15, 0.2) is 0 Å². The summed E-state index contributed by atoms with van der Waals surface area (Å²) in [7, 11) is 0. The average Bonchev–Trinajstić information content (AvgIpc) is 2.66. The minimum atomic E-state index is -1.54. The fourth-order valence-electron chi connectivity index (χ4n) is 2.27. The molecule has 0 heterocycles. The van der Waals surface area contributed by atoms with Crippen LogP contribution in [0.3, 0.4) is 0 Å². The highest BCUT2D eigenvalue weighted by molar-refractivity contribution is 7.98. The lowest BCUT2D eigenvalue weighted by atomic mass is 10.0. The summed E-state index contributed by atoms with van der Waals surface area (Å²) >= 11 is 5.34. The molecule has 0 bridgehead atoms. The molecule has 0 aromatic rings. The maximum atomic E-state index is 12.7.